The summed E-state index contributed by atoms with van der Waals surface area (Å²) in [6.45, 7) is 5.75. The topological polar surface area (TPSA) is 50.0 Å². The van der Waals surface area contributed by atoms with Crippen LogP contribution >= 0.6 is 11.3 Å². The zero-order chi connectivity index (χ0) is 13.8. The number of hydrogen-bond acceptors (Lipinski definition) is 5. The molecule has 2 aromatic heterocycles. The number of aliphatic hydroxyl groups excluding tert-OH is 1. The Morgan fingerprint density at radius 1 is 1.58 bits per heavy atom. The molecular weight excluding hydrogens is 262 g/mol. The predicted molar refractivity (Wildman–Crippen MR) is 78.0 cm³/mol. The Balaban J connectivity index is 2.39. The van der Waals surface area contributed by atoms with Gasteiger partial charge in [0.1, 0.15) is 0 Å². The van der Waals surface area contributed by atoms with Crippen molar-refractivity contribution < 1.29 is 9.84 Å². The van der Waals surface area contributed by atoms with E-state index in [1.165, 1.54) is 0 Å². The van der Waals surface area contributed by atoms with E-state index in [1.54, 1.807) is 18.4 Å². The molecule has 0 saturated heterocycles. The van der Waals surface area contributed by atoms with Gasteiger partial charge in [-0.25, -0.2) is 4.98 Å². The van der Waals surface area contributed by atoms with Gasteiger partial charge in [-0.1, -0.05) is 6.92 Å². The fourth-order valence-corrected chi connectivity index (χ4v) is 2.87. The van der Waals surface area contributed by atoms with Crippen molar-refractivity contribution in [2.45, 2.75) is 32.9 Å². The van der Waals surface area contributed by atoms with Crippen molar-refractivity contribution in [2.24, 2.45) is 0 Å². The van der Waals surface area contributed by atoms with E-state index in [1.807, 2.05) is 16.0 Å². The Bertz CT molecular complexity index is 523. The summed E-state index contributed by atoms with van der Waals surface area (Å²) in [5.74, 6) is 0.876. The van der Waals surface area contributed by atoms with Gasteiger partial charge in [0.2, 0.25) is 0 Å². The molecule has 2 heterocycles. The maximum atomic E-state index is 9.64. The third-order valence-electron chi connectivity index (χ3n) is 3.42. The van der Waals surface area contributed by atoms with Crippen LogP contribution in [0.3, 0.4) is 0 Å². The Labute approximate surface area is 117 Å². The van der Waals surface area contributed by atoms with Crippen LogP contribution in [0.5, 0.6) is 0 Å². The van der Waals surface area contributed by atoms with Crippen LogP contribution in [-0.4, -0.2) is 40.8 Å². The van der Waals surface area contributed by atoms with Crippen molar-refractivity contribution >= 4 is 22.1 Å². The summed E-state index contributed by atoms with van der Waals surface area (Å²) in [5, 5.41) is 11.6. The highest BCUT2D eigenvalue weighted by atomic mass is 32.1. The second-order valence-corrected chi connectivity index (χ2v) is 5.41. The van der Waals surface area contributed by atoms with Crippen molar-refractivity contribution in [3.05, 3.63) is 17.3 Å². The molecule has 0 aliphatic carbocycles. The Kier molecular flexibility index (Phi) is 4.79. The molecule has 1 atom stereocenters. The van der Waals surface area contributed by atoms with Crippen LogP contribution in [0.1, 0.15) is 26.0 Å². The lowest BCUT2D eigenvalue weighted by Crippen LogP contribution is -2.36. The van der Waals surface area contributed by atoms with Gasteiger partial charge in [0.05, 0.1) is 18.9 Å². The minimum absolute atomic E-state index is 0.00680. The molecule has 6 heteroatoms. The third-order valence-corrected chi connectivity index (χ3v) is 4.18. The number of aliphatic hydroxyl groups is 1. The summed E-state index contributed by atoms with van der Waals surface area (Å²) in [5.41, 5.74) is 0.854. The van der Waals surface area contributed by atoms with Crippen molar-refractivity contribution in [3.8, 4) is 0 Å². The van der Waals surface area contributed by atoms with Gasteiger partial charge < -0.3 is 14.7 Å². The van der Waals surface area contributed by atoms with E-state index < -0.39 is 0 Å². The Morgan fingerprint density at radius 2 is 2.37 bits per heavy atom. The second kappa shape index (κ2) is 6.36. The fourth-order valence-electron chi connectivity index (χ4n) is 2.14. The van der Waals surface area contributed by atoms with E-state index in [0.717, 1.165) is 29.4 Å². The summed E-state index contributed by atoms with van der Waals surface area (Å²) < 4.78 is 7.14. The number of thiazole rings is 1. The first kappa shape index (κ1) is 14.3. The lowest BCUT2D eigenvalue weighted by atomic mass is 10.2. The highest BCUT2D eigenvalue weighted by molar-refractivity contribution is 7.15. The highest BCUT2D eigenvalue weighted by Gasteiger charge is 2.21. The molecule has 0 aliphatic heterocycles. The minimum atomic E-state index is -0.00680. The van der Waals surface area contributed by atoms with Crippen LogP contribution < -0.4 is 4.90 Å². The van der Waals surface area contributed by atoms with Crippen LogP contribution in [0.25, 0.3) is 4.96 Å². The molecule has 5 nitrogen and oxygen atoms in total. The molecule has 1 unspecified atom stereocenters. The third kappa shape index (κ3) is 2.75. The largest absolute Gasteiger partial charge is 0.390 e. The van der Waals surface area contributed by atoms with Crippen LogP contribution in [0.4, 0.5) is 5.82 Å². The number of nitrogens with zero attached hydrogens (tertiary/aromatic N) is 3. The van der Waals surface area contributed by atoms with E-state index in [2.05, 4.69) is 23.7 Å². The number of methoxy groups -OCH3 is 1. The van der Waals surface area contributed by atoms with Gasteiger partial charge in [-0.05, 0) is 13.3 Å². The molecule has 0 aliphatic rings. The van der Waals surface area contributed by atoms with E-state index in [4.69, 9.17) is 4.74 Å². The molecule has 1 N–H and O–H groups in total. The molecule has 0 fully saturated rings. The summed E-state index contributed by atoms with van der Waals surface area (Å²) in [6.07, 6.45) is 2.98. The molecule has 0 saturated carbocycles. The van der Waals surface area contributed by atoms with Crippen LogP contribution in [-0.2, 0) is 11.3 Å². The fraction of sp³-hybridized carbons (Fsp3) is 0.615. The SMILES string of the molecule is CCC(C)N(CCOC)c1nc2sccn2c1CO. The number of fused-ring (bicyclic) bond motifs is 1. The molecule has 0 radical (unpaired) electrons. The number of hydrogen-bond donors (Lipinski definition) is 1. The van der Waals surface area contributed by atoms with Gasteiger partial charge in [-0.15, -0.1) is 11.3 Å². The zero-order valence-electron chi connectivity index (χ0n) is 11.7. The Hall–Kier alpha value is -1.11. The lowest BCUT2D eigenvalue weighted by Gasteiger charge is -2.29. The van der Waals surface area contributed by atoms with Gasteiger partial charge in [-0.3, -0.25) is 4.40 Å². The molecule has 106 valence electrons. The number of aromatic nitrogens is 2. The molecule has 2 aromatic rings. The average Bonchev–Trinajstić information content (AvgIpc) is 2.99. The van der Waals surface area contributed by atoms with E-state index in [-0.39, 0.29) is 6.61 Å². The minimum Gasteiger partial charge on any atom is -0.390 e. The van der Waals surface area contributed by atoms with Crippen LogP contribution in [0, 0.1) is 0 Å². The highest BCUT2D eigenvalue weighted by Crippen LogP contribution is 2.26. The summed E-state index contributed by atoms with van der Waals surface area (Å²) in [6, 6.07) is 0.366. The molecular formula is C13H21N3O2S. The van der Waals surface area contributed by atoms with Gasteiger partial charge in [0.15, 0.2) is 10.8 Å². The number of rotatable bonds is 7. The molecule has 0 amide bonds. The summed E-state index contributed by atoms with van der Waals surface area (Å²) >= 11 is 1.58. The Morgan fingerprint density at radius 3 is 3.00 bits per heavy atom. The summed E-state index contributed by atoms with van der Waals surface area (Å²) in [7, 11) is 1.70. The first-order valence-corrected chi connectivity index (χ1v) is 7.41. The number of ether oxygens (including phenoxy) is 1. The summed E-state index contributed by atoms with van der Waals surface area (Å²) in [4.78, 5) is 7.80. The van der Waals surface area contributed by atoms with Crippen molar-refractivity contribution in [1.82, 2.24) is 9.38 Å². The number of imidazole rings is 1. The normalized spacial score (nSPS) is 13.1. The maximum absolute atomic E-state index is 9.64. The smallest absolute Gasteiger partial charge is 0.195 e. The maximum Gasteiger partial charge on any atom is 0.195 e. The molecule has 0 aromatic carbocycles. The number of anilines is 1. The quantitative estimate of drug-likeness (QED) is 0.846. The predicted octanol–water partition coefficient (Wildman–Crippen LogP) is 2.14. The van der Waals surface area contributed by atoms with Gasteiger partial charge in [0, 0.05) is 31.3 Å². The molecule has 0 bridgehead atoms. The lowest BCUT2D eigenvalue weighted by molar-refractivity contribution is 0.202. The van der Waals surface area contributed by atoms with Gasteiger partial charge in [0.25, 0.3) is 0 Å². The second-order valence-electron chi connectivity index (χ2n) is 4.54. The van der Waals surface area contributed by atoms with Crippen molar-refractivity contribution in [3.63, 3.8) is 0 Å². The van der Waals surface area contributed by atoms with E-state index >= 15 is 0 Å². The van der Waals surface area contributed by atoms with Crippen LogP contribution in [0.2, 0.25) is 0 Å². The van der Waals surface area contributed by atoms with Crippen molar-refractivity contribution in [1.29, 1.82) is 0 Å². The monoisotopic (exact) mass is 283 g/mol. The standard InChI is InChI=1S/C13H21N3O2S/c1-4-10(2)15(5-7-18-3)12-11(9-17)16-6-8-19-13(16)14-12/h6,8,10,17H,4-5,7,9H2,1-3H3. The molecule has 2 rings (SSSR count). The average molecular weight is 283 g/mol. The zero-order valence-corrected chi connectivity index (χ0v) is 12.5. The molecule has 0 spiro atoms. The van der Waals surface area contributed by atoms with Crippen LogP contribution in [0.15, 0.2) is 11.6 Å². The van der Waals surface area contributed by atoms with Gasteiger partial charge in [-0.2, -0.15) is 0 Å². The first-order chi connectivity index (χ1) is 9.22. The first-order valence-electron chi connectivity index (χ1n) is 6.53. The molecule has 19 heavy (non-hydrogen) atoms. The van der Waals surface area contributed by atoms with Gasteiger partial charge >= 0.3 is 0 Å². The van der Waals surface area contributed by atoms with E-state index in [0.29, 0.717) is 12.6 Å². The van der Waals surface area contributed by atoms with E-state index in [9.17, 15) is 5.11 Å². The van der Waals surface area contributed by atoms with Crippen molar-refractivity contribution in [2.75, 3.05) is 25.2 Å².